The highest BCUT2D eigenvalue weighted by Crippen LogP contribution is 2.37. The number of nitrogens with zero attached hydrogens (tertiary/aromatic N) is 3. The Morgan fingerprint density at radius 3 is 2.79 bits per heavy atom. The Morgan fingerprint density at radius 2 is 2.00 bits per heavy atom. The van der Waals surface area contributed by atoms with Crippen LogP contribution in [0, 0.1) is 13.8 Å². The molecule has 1 heterocycles. The van der Waals surface area contributed by atoms with Gasteiger partial charge in [-0.25, -0.2) is 4.99 Å². The monoisotopic (exact) mass is 339 g/mol. The first-order chi connectivity index (χ1) is 11.6. The van der Waals surface area contributed by atoms with Crippen molar-refractivity contribution in [3.63, 3.8) is 0 Å². The minimum atomic E-state index is 0.829. The number of rotatable bonds is 5. The molecule has 0 spiro atoms. The number of aromatic nitrogens is 1. The highest BCUT2D eigenvalue weighted by molar-refractivity contribution is 7.09. The second-order valence-electron chi connectivity index (χ2n) is 5.81. The minimum Gasteiger partial charge on any atom is -0.444 e. The van der Waals surface area contributed by atoms with Crippen LogP contribution in [0.4, 0.5) is 5.69 Å². The van der Waals surface area contributed by atoms with Crippen LogP contribution in [0.1, 0.15) is 18.1 Å². The molecule has 0 bridgehead atoms. The lowest BCUT2D eigenvalue weighted by Crippen LogP contribution is -2.14. The number of hydrogen-bond donors (Lipinski definition) is 0. The highest BCUT2D eigenvalue weighted by Gasteiger charge is 2.11. The summed E-state index contributed by atoms with van der Waals surface area (Å²) in [5.74, 6) is 0.852. The van der Waals surface area contributed by atoms with Gasteiger partial charge in [-0.1, -0.05) is 12.1 Å². The minimum absolute atomic E-state index is 0.829. The van der Waals surface area contributed by atoms with Gasteiger partial charge in [0.05, 0.1) is 22.9 Å². The van der Waals surface area contributed by atoms with Crippen molar-refractivity contribution in [3.8, 4) is 10.8 Å². The van der Waals surface area contributed by atoms with Gasteiger partial charge in [-0.15, -0.1) is 0 Å². The number of fused-ring (bicyclic) bond motifs is 1. The average molecular weight is 339 g/mol. The summed E-state index contributed by atoms with van der Waals surface area (Å²) in [5, 5.41) is 1.88. The summed E-state index contributed by atoms with van der Waals surface area (Å²) in [5.41, 5.74) is 4.08. The van der Waals surface area contributed by atoms with Gasteiger partial charge < -0.3 is 9.64 Å². The zero-order valence-corrected chi connectivity index (χ0v) is 15.2. The molecule has 0 unspecified atom stereocenters. The second kappa shape index (κ2) is 7.01. The molecule has 124 valence electrons. The largest absolute Gasteiger partial charge is 0.444 e. The Balaban J connectivity index is 1.89. The molecule has 24 heavy (non-hydrogen) atoms. The molecule has 0 aliphatic rings. The molecule has 0 saturated heterocycles. The Morgan fingerprint density at radius 1 is 1.21 bits per heavy atom. The van der Waals surface area contributed by atoms with Gasteiger partial charge in [0.25, 0.3) is 0 Å². The van der Waals surface area contributed by atoms with Crippen LogP contribution in [0.3, 0.4) is 0 Å². The van der Waals surface area contributed by atoms with Crippen molar-refractivity contribution in [2.24, 2.45) is 4.99 Å². The molecule has 0 radical (unpaired) electrons. The summed E-state index contributed by atoms with van der Waals surface area (Å²) in [6, 6.07) is 12.1. The summed E-state index contributed by atoms with van der Waals surface area (Å²) in [7, 11) is 2.01. The van der Waals surface area contributed by atoms with Crippen molar-refractivity contribution in [1.29, 1.82) is 0 Å². The van der Waals surface area contributed by atoms with E-state index in [1.165, 1.54) is 11.5 Å². The third kappa shape index (κ3) is 3.41. The van der Waals surface area contributed by atoms with E-state index < -0.39 is 0 Å². The van der Waals surface area contributed by atoms with Crippen LogP contribution in [-0.2, 0) is 0 Å². The van der Waals surface area contributed by atoms with E-state index in [4.69, 9.17) is 4.74 Å². The van der Waals surface area contributed by atoms with Crippen molar-refractivity contribution in [2.75, 3.05) is 13.6 Å². The van der Waals surface area contributed by atoms with E-state index in [2.05, 4.69) is 29.3 Å². The maximum atomic E-state index is 6.14. The van der Waals surface area contributed by atoms with Crippen molar-refractivity contribution >= 4 is 34.5 Å². The highest BCUT2D eigenvalue weighted by atomic mass is 32.1. The molecule has 2 aromatic carbocycles. The van der Waals surface area contributed by atoms with Crippen LogP contribution in [0.2, 0.25) is 0 Å². The summed E-state index contributed by atoms with van der Waals surface area (Å²) < 4.78 is 10.6. The maximum Gasteiger partial charge on any atom is 0.207 e. The Kier molecular flexibility index (Phi) is 4.81. The van der Waals surface area contributed by atoms with Crippen molar-refractivity contribution < 1.29 is 4.74 Å². The molecule has 0 aliphatic carbocycles. The standard InChI is InChI=1S/C19H21N3OS/c1-5-22(4)12-20-17-10-14(3)18(11-13(17)2)23-19-15-8-6-7-9-16(15)21-24-19/h6-12H,5H2,1-4H3. The number of benzene rings is 2. The van der Waals surface area contributed by atoms with Gasteiger partial charge in [-0.2, -0.15) is 4.37 Å². The zero-order valence-electron chi connectivity index (χ0n) is 14.4. The zero-order chi connectivity index (χ0) is 17.1. The normalized spacial score (nSPS) is 11.3. The van der Waals surface area contributed by atoms with Gasteiger partial charge in [-0.05, 0) is 56.2 Å². The molecule has 0 N–H and O–H groups in total. The third-order valence-corrected chi connectivity index (χ3v) is 4.70. The first-order valence-corrected chi connectivity index (χ1v) is 8.73. The smallest absolute Gasteiger partial charge is 0.207 e. The van der Waals surface area contributed by atoms with Gasteiger partial charge in [0.15, 0.2) is 0 Å². The summed E-state index contributed by atoms with van der Waals surface area (Å²) in [6.45, 7) is 7.12. The van der Waals surface area contributed by atoms with Gasteiger partial charge in [0.2, 0.25) is 5.06 Å². The SMILES string of the molecule is CCN(C)C=Nc1cc(C)c(Oc2snc3ccccc23)cc1C. The molecule has 1 aromatic heterocycles. The lowest BCUT2D eigenvalue weighted by atomic mass is 10.1. The second-order valence-corrected chi connectivity index (χ2v) is 6.55. The molecule has 0 aliphatic heterocycles. The molecule has 3 rings (SSSR count). The molecule has 0 atom stereocenters. The van der Waals surface area contributed by atoms with Crippen LogP contribution in [0.25, 0.3) is 10.9 Å². The number of aryl methyl sites for hydroxylation is 2. The van der Waals surface area contributed by atoms with E-state index in [9.17, 15) is 0 Å². The lowest BCUT2D eigenvalue weighted by molar-refractivity contribution is 0.497. The first kappa shape index (κ1) is 16.5. The molecular formula is C19H21N3OS. The third-order valence-electron chi connectivity index (χ3n) is 3.94. The van der Waals surface area contributed by atoms with Crippen molar-refractivity contribution in [3.05, 3.63) is 47.5 Å². The fourth-order valence-electron chi connectivity index (χ4n) is 2.31. The van der Waals surface area contributed by atoms with E-state index in [-0.39, 0.29) is 0 Å². The molecule has 0 saturated carbocycles. The Labute approximate surface area is 146 Å². The van der Waals surface area contributed by atoms with Crippen LogP contribution in [0.5, 0.6) is 10.8 Å². The van der Waals surface area contributed by atoms with Crippen LogP contribution in [0.15, 0.2) is 41.4 Å². The van der Waals surface area contributed by atoms with E-state index in [1.807, 2.05) is 55.5 Å². The Hall–Kier alpha value is -2.40. The molecule has 0 fully saturated rings. The van der Waals surface area contributed by atoms with Crippen molar-refractivity contribution in [1.82, 2.24) is 9.27 Å². The van der Waals surface area contributed by atoms with Crippen LogP contribution in [-0.4, -0.2) is 29.2 Å². The molecule has 0 amide bonds. The maximum absolute atomic E-state index is 6.14. The molecular weight excluding hydrogens is 318 g/mol. The first-order valence-electron chi connectivity index (χ1n) is 7.96. The number of aliphatic imine (C=N–C) groups is 1. The molecule has 3 aromatic rings. The van der Waals surface area contributed by atoms with Gasteiger partial charge >= 0.3 is 0 Å². The molecule has 5 heteroatoms. The average Bonchev–Trinajstić information content (AvgIpc) is 2.99. The van der Waals surface area contributed by atoms with Gasteiger partial charge in [0.1, 0.15) is 5.75 Å². The summed E-state index contributed by atoms with van der Waals surface area (Å²) in [4.78, 5) is 6.61. The predicted octanol–water partition coefficient (Wildman–Crippen LogP) is 5.32. The van der Waals surface area contributed by atoms with E-state index in [0.717, 1.165) is 45.1 Å². The lowest BCUT2D eigenvalue weighted by Gasteiger charge is -2.12. The predicted molar refractivity (Wildman–Crippen MR) is 102 cm³/mol. The summed E-state index contributed by atoms with van der Waals surface area (Å²) >= 11 is 1.39. The van der Waals surface area contributed by atoms with E-state index in [0.29, 0.717) is 0 Å². The number of ether oxygens (including phenoxy) is 1. The van der Waals surface area contributed by atoms with E-state index in [1.54, 1.807) is 0 Å². The van der Waals surface area contributed by atoms with Crippen LogP contribution >= 0.6 is 11.5 Å². The van der Waals surface area contributed by atoms with E-state index >= 15 is 0 Å². The topological polar surface area (TPSA) is 37.7 Å². The quantitative estimate of drug-likeness (QED) is 0.466. The van der Waals surface area contributed by atoms with Crippen LogP contribution < -0.4 is 4.74 Å². The fourth-order valence-corrected chi connectivity index (χ4v) is 3.04. The Bertz CT molecular complexity index is 885. The fraction of sp³-hybridized carbons (Fsp3) is 0.263. The molecule has 4 nitrogen and oxygen atoms in total. The van der Waals surface area contributed by atoms with Gasteiger partial charge in [0, 0.05) is 25.1 Å². The summed E-state index contributed by atoms with van der Waals surface area (Å²) in [6.07, 6.45) is 1.86. The number of hydrogen-bond acceptors (Lipinski definition) is 4. The van der Waals surface area contributed by atoms with Gasteiger partial charge in [-0.3, -0.25) is 0 Å². The van der Waals surface area contributed by atoms with Crippen molar-refractivity contribution in [2.45, 2.75) is 20.8 Å².